The Hall–Kier alpha value is -3.22. The zero-order valence-corrected chi connectivity index (χ0v) is 15.4. The number of rotatable bonds is 7. The van der Waals surface area contributed by atoms with Gasteiger partial charge in [-0.25, -0.2) is 0 Å². The maximum absolute atomic E-state index is 12.5. The first-order valence-corrected chi connectivity index (χ1v) is 8.72. The van der Waals surface area contributed by atoms with Crippen LogP contribution < -0.4 is 19.5 Å². The lowest BCUT2D eigenvalue weighted by atomic mass is 10.2. The molecule has 2 amide bonds. The molecule has 0 saturated carbocycles. The van der Waals surface area contributed by atoms with E-state index in [2.05, 4.69) is 5.32 Å². The van der Waals surface area contributed by atoms with E-state index in [-0.39, 0.29) is 25.2 Å². The molecule has 7 nitrogen and oxygen atoms in total. The topological polar surface area (TPSA) is 77.1 Å². The second-order valence-corrected chi connectivity index (χ2v) is 6.04. The number of hydrogen-bond donors (Lipinski definition) is 1. The second kappa shape index (κ2) is 8.44. The molecule has 1 N–H and O–H groups in total. The van der Waals surface area contributed by atoms with Crippen molar-refractivity contribution in [3.63, 3.8) is 0 Å². The lowest BCUT2D eigenvalue weighted by Crippen LogP contribution is -2.36. The number of amides is 2. The van der Waals surface area contributed by atoms with Crippen molar-refractivity contribution in [3.8, 4) is 17.2 Å². The zero-order valence-electron chi connectivity index (χ0n) is 15.4. The maximum atomic E-state index is 12.5. The largest absolute Gasteiger partial charge is 0.492 e. The van der Waals surface area contributed by atoms with Crippen molar-refractivity contribution in [2.45, 2.75) is 20.4 Å². The van der Waals surface area contributed by atoms with Crippen LogP contribution >= 0.6 is 0 Å². The normalized spacial score (nSPS) is 11.8. The number of carbonyl (C=O) groups excluding carboxylic acids is 2. The smallest absolute Gasteiger partial charge is 0.244 e. The Bertz CT molecular complexity index is 837. The molecule has 1 heterocycles. The summed E-state index contributed by atoms with van der Waals surface area (Å²) in [6.07, 6.45) is 0. The second-order valence-electron chi connectivity index (χ2n) is 6.04. The molecule has 142 valence electrons. The van der Waals surface area contributed by atoms with Crippen molar-refractivity contribution in [1.29, 1.82) is 0 Å². The van der Waals surface area contributed by atoms with Gasteiger partial charge in [-0.3, -0.25) is 9.59 Å². The van der Waals surface area contributed by atoms with Crippen LogP contribution in [0.25, 0.3) is 0 Å². The van der Waals surface area contributed by atoms with Gasteiger partial charge in [0, 0.05) is 13.5 Å². The molecule has 0 unspecified atom stereocenters. The standard InChI is InChI=1S/C20H22N2O5/c1-3-25-17-7-5-4-6-16(17)21-20(24)12-22(14(2)23)11-15-8-9-18-19(10-15)27-13-26-18/h4-10H,3,11-13H2,1-2H3,(H,21,24). The fraction of sp³-hybridized carbons (Fsp3) is 0.300. The summed E-state index contributed by atoms with van der Waals surface area (Å²) in [5.41, 5.74) is 1.44. The Kier molecular flexibility index (Phi) is 5.80. The number of carbonyl (C=O) groups is 2. The molecule has 0 aromatic heterocycles. The number of anilines is 1. The third-order valence-corrected chi connectivity index (χ3v) is 4.05. The van der Waals surface area contributed by atoms with E-state index in [1.165, 1.54) is 11.8 Å². The van der Waals surface area contributed by atoms with Gasteiger partial charge >= 0.3 is 0 Å². The van der Waals surface area contributed by atoms with Crippen LogP contribution in [0.2, 0.25) is 0 Å². The summed E-state index contributed by atoms with van der Waals surface area (Å²) in [5.74, 6) is 1.43. The molecule has 0 bridgehead atoms. The van der Waals surface area contributed by atoms with Gasteiger partial charge in [0.25, 0.3) is 0 Å². The van der Waals surface area contributed by atoms with E-state index in [1.54, 1.807) is 18.2 Å². The molecule has 0 saturated heterocycles. The number of ether oxygens (including phenoxy) is 3. The number of fused-ring (bicyclic) bond motifs is 1. The highest BCUT2D eigenvalue weighted by molar-refractivity contribution is 5.95. The molecule has 7 heteroatoms. The van der Waals surface area contributed by atoms with Crippen LogP contribution in [0.1, 0.15) is 19.4 Å². The predicted molar refractivity (Wildman–Crippen MR) is 99.9 cm³/mol. The molecular weight excluding hydrogens is 348 g/mol. The van der Waals surface area contributed by atoms with Crippen molar-refractivity contribution in [3.05, 3.63) is 48.0 Å². The van der Waals surface area contributed by atoms with Gasteiger partial charge in [-0.05, 0) is 36.8 Å². The fourth-order valence-corrected chi connectivity index (χ4v) is 2.75. The Balaban J connectivity index is 1.66. The first kappa shape index (κ1) is 18.6. The summed E-state index contributed by atoms with van der Waals surface area (Å²) in [7, 11) is 0. The zero-order chi connectivity index (χ0) is 19.2. The van der Waals surface area contributed by atoms with E-state index in [0.29, 0.717) is 36.1 Å². The van der Waals surface area contributed by atoms with E-state index in [4.69, 9.17) is 14.2 Å². The van der Waals surface area contributed by atoms with Crippen LogP contribution in [0.3, 0.4) is 0 Å². The van der Waals surface area contributed by atoms with E-state index >= 15 is 0 Å². The van der Waals surface area contributed by atoms with Gasteiger partial charge in [-0.2, -0.15) is 0 Å². The van der Waals surface area contributed by atoms with Gasteiger partial charge in [0.1, 0.15) is 12.3 Å². The van der Waals surface area contributed by atoms with E-state index in [9.17, 15) is 9.59 Å². The lowest BCUT2D eigenvalue weighted by molar-refractivity contribution is -0.133. The summed E-state index contributed by atoms with van der Waals surface area (Å²) >= 11 is 0. The van der Waals surface area contributed by atoms with Crippen LogP contribution in [0.4, 0.5) is 5.69 Å². The Morgan fingerprint density at radius 1 is 1.15 bits per heavy atom. The molecule has 0 fully saturated rings. The molecule has 2 aromatic carbocycles. The highest BCUT2D eigenvalue weighted by atomic mass is 16.7. The van der Waals surface area contributed by atoms with E-state index < -0.39 is 0 Å². The van der Waals surface area contributed by atoms with Crippen LogP contribution in [-0.2, 0) is 16.1 Å². The van der Waals surface area contributed by atoms with E-state index in [0.717, 1.165) is 5.56 Å². The fourth-order valence-electron chi connectivity index (χ4n) is 2.75. The molecule has 0 atom stereocenters. The molecule has 0 radical (unpaired) electrons. The molecule has 1 aliphatic heterocycles. The number of hydrogen-bond acceptors (Lipinski definition) is 5. The SMILES string of the molecule is CCOc1ccccc1NC(=O)CN(Cc1ccc2c(c1)OCO2)C(C)=O. The lowest BCUT2D eigenvalue weighted by Gasteiger charge is -2.21. The number of nitrogens with zero attached hydrogens (tertiary/aromatic N) is 1. The first-order chi connectivity index (χ1) is 13.1. The van der Waals surface area contributed by atoms with E-state index in [1.807, 2.05) is 31.2 Å². The maximum Gasteiger partial charge on any atom is 0.244 e. The minimum absolute atomic E-state index is 0.0652. The van der Waals surface area contributed by atoms with Crippen molar-refractivity contribution >= 4 is 17.5 Å². The van der Waals surface area contributed by atoms with Gasteiger partial charge < -0.3 is 24.4 Å². The summed E-state index contributed by atoms with van der Waals surface area (Å²) in [6, 6.07) is 12.7. The van der Waals surface area contributed by atoms with Crippen LogP contribution in [0.5, 0.6) is 17.2 Å². The van der Waals surface area contributed by atoms with Gasteiger partial charge in [0.2, 0.25) is 18.6 Å². The first-order valence-electron chi connectivity index (χ1n) is 8.72. The van der Waals surface area contributed by atoms with Crippen LogP contribution in [0, 0.1) is 0 Å². The highest BCUT2D eigenvalue weighted by Gasteiger charge is 2.18. The van der Waals surface area contributed by atoms with Crippen LogP contribution in [0.15, 0.2) is 42.5 Å². The number of nitrogens with one attached hydrogen (secondary N) is 1. The number of benzene rings is 2. The Morgan fingerprint density at radius 3 is 2.70 bits per heavy atom. The Labute approximate surface area is 157 Å². The summed E-state index contributed by atoms with van der Waals surface area (Å²) in [5, 5.41) is 2.81. The monoisotopic (exact) mass is 370 g/mol. The molecule has 1 aliphatic rings. The number of para-hydroxylation sites is 2. The van der Waals surface area contributed by atoms with Gasteiger partial charge in [-0.1, -0.05) is 18.2 Å². The molecule has 2 aromatic rings. The Morgan fingerprint density at radius 2 is 1.93 bits per heavy atom. The van der Waals surface area contributed by atoms with Crippen molar-refractivity contribution in [1.82, 2.24) is 4.90 Å². The highest BCUT2D eigenvalue weighted by Crippen LogP contribution is 2.32. The van der Waals surface area contributed by atoms with Crippen LogP contribution in [-0.4, -0.2) is 36.7 Å². The van der Waals surface area contributed by atoms with Crippen molar-refractivity contribution < 1.29 is 23.8 Å². The molecule has 0 spiro atoms. The minimum Gasteiger partial charge on any atom is -0.492 e. The average molecular weight is 370 g/mol. The van der Waals surface area contributed by atoms with Gasteiger partial charge in [0.15, 0.2) is 11.5 Å². The summed E-state index contributed by atoms with van der Waals surface area (Å²) < 4.78 is 16.2. The molecule has 27 heavy (non-hydrogen) atoms. The molecule has 0 aliphatic carbocycles. The molecular formula is C20H22N2O5. The quantitative estimate of drug-likeness (QED) is 0.811. The molecule has 3 rings (SSSR count). The van der Waals surface area contributed by atoms with Gasteiger partial charge in [0.05, 0.1) is 12.3 Å². The van der Waals surface area contributed by atoms with Crippen molar-refractivity contribution in [2.75, 3.05) is 25.3 Å². The third kappa shape index (κ3) is 4.69. The van der Waals surface area contributed by atoms with Gasteiger partial charge in [-0.15, -0.1) is 0 Å². The minimum atomic E-state index is -0.293. The average Bonchev–Trinajstić information content (AvgIpc) is 3.10. The summed E-state index contributed by atoms with van der Waals surface area (Å²) in [6.45, 7) is 4.24. The van der Waals surface area contributed by atoms with Crippen molar-refractivity contribution in [2.24, 2.45) is 0 Å². The summed E-state index contributed by atoms with van der Waals surface area (Å²) in [4.78, 5) is 25.9. The predicted octanol–water partition coefficient (Wildman–Crippen LogP) is 2.80. The third-order valence-electron chi connectivity index (χ3n) is 4.05.